The first-order chi connectivity index (χ1) is 11.5. The van der Waals surface area contributed by atoms with Crippen LogP contribution in [-0.4, -0.2) is 18.4 Å². The molecule has 0 heterocycles. The van der Waals surface area contributed by atoms with E-state index in [-0.39, 0.29) is 11.8 Å². The first-order valence-electron chi connectivity index (χ1n) is 7.65. The van der Waals surface area contributed by atoms with E-state index in [4.69, 9.17) is 23.2 Å². The molecule has 0 spiro atoms. The van der Waals surface area contributed by atoms with Gasteiger partial charge in [0.25, 0.3) is 11.8 Å². The second-order valence-corrected chi connectivity index (χ2v) is 6.17. The number of amides is 2. The van der Waals surface area contributed by atoms with Crippen molar-refractivity contribution in [2.75, 3.05) is 11.9 Å². The molecule has 0 radical (unpaired) electrons. The smallest absolute Gasteiger partial charge is 0.255 e. The van der Waals surface area contributed by atoms with Crippen LogP contribution in [0.3, 0.4) is 0 Å². The van der Waals surface area contributed by atoms with E-state index in [2.05, 4.69) is 17.6 Å². The highest BCUT2D eigenvalue weighted by Gasteiger charge is 2.09. The van der Waals surface area contributed by atoms with Crippen LogP contribution in [0.2, 0.25) is 10.0 Å². The summed E-state index contributed by atoms with van der Waals surface area (Å²) < 4.78 is 0. The van der Waals surface area contributed by atoms with Crippen molar-refractivity contribution in [3.05, 3.63) is 63.6 Å². The van der Waals surface area contributed by atoms with Crippen LogP contribution in [0.25, 0.3) is 0 Å². The molecular formula is C18H18Cl2N2O2. The molecule has 0 saturated heterocycles. The Morgan fingerprint density at radius 1 is 0.917 bits per heavy atom. The van der Waals surface area contributed by atoms with E-state index in [1.54, 1.807) is 42.5 Å². The van der Waals surface area contributed by atoms with E-state index in [1.807, 2.05) is 0 Å². The Balaban J connectivity index is 2.01. The molecule has 0 aliphatic heterocycles. The predicted octanol–water partition coefficient (Wildman–Crippen LogP) is 4.78. The maximum Gasteiger partial charge on any atom is 0.255 e. The van der Waals surface area contributed by atoms with Gasteiger partial charge in [-0.1, -0.05) is 36.5 Å². The first-order valence-corrected chi connectivity index (χ1v) is 8.41. The molecule has 0 fully saturated rings. The molecule has 0 aliphatic rings. The second kappa shape index (κ2) is 8.71. The van der Waals surface area contributed by atoms with Crippen molar-refractivity contribution < 1.29 is 9.59 Å². The molecule has 4 nitrogen and oxygen atoms in total. The van der Waals surface area contributed by atoms with Gasteiger partial charge in [0, 0.05) is 33.4 Å². The van der Waals surface area contributed by atoms with Crippen LogP contribution in [-0.2, 0) is 0 Å². The molecule has 0 saturated carbocycles. The van der Waals surface area contributed by atoms with Crippen molar-refractivity contribution in [1.29, 1.82) is 0 Å². The van der Waals surface area contributed by atoms with Crippen molar-refractivity contribution in [3.63, 3.8) is 0 Å². The third kappa shape index (κ3) is 5.25. The monoisotopic (exact) mass is 364 g/mol. The summed E-state index contributed by atoms with van der Waals surface area (Å²) in [5.74, 6) is -0.441. The molecule has 2 rings (SSSR count). The van der Waals surface area contributed by atoms with Gasteiger partial charge in [-0.2, -0.15) is 0 Å². The summed E-state index contributed by atoms with van der Waals surface area (Å²) in [5.41, 5.74) is 1.48. The third-order valence-electron chi connectivity index (χ3n) is 3.35. The van der Waals surface area contributed by atoms with Crippen molar-refractivity contribution in [1.82, 2.24) is 5.32 Å². The van der Waals surface area contributed by atoms with Crippen LogP contribution in [0, 0.1) is 0 Å². The average Bonchev–Trinajstić information content (AvgIpc) is 2.54. The number of rotatable bonds is 6. The number of hydrogen-bond donors (Lipinski definition) is 2. The SMILES string of the molecule is CCCCNC(=O)c1ccc(C(=O)Nc2cc(Cl)cc(Cl)c2)cc1. The second-order valence-electron chi connectivity index (χ2n) is 5.30. The molecule has 2 aromatic rings. The molecule has 2 amide bonds. The summed E-state index contributed by atoms with van der Waals surface area (Å²) in [6.07, 6.45) is 1.96. The summed E-state index contributed by atoms with van der Waals surface area (Å²) in [7, 11) is 0. The Bertz CT molecular complexity index is 710. The minimum atomic E-state index is -0.300. The fourth-order valence-corrected chi connectivity index (χ4v) is 2.61. The summed E-state index contributed by atoms with van der Waals surface area (Å²) in [6.45, 7) is 2.71. The van der Waals surface area contributed by atoms with Crippen LogP contribution in [0.1, 0.15) is 40.5 Å². The molecule has 2 aromatic carbocycles. The van der Waals surface area contributed by atoms with E-state index in [9.17, 15) is 9.59 Å². The molecule has 0 unspecified atom stereocenters. The number of hydrogen-bond acceptors (Lipinski definition) is 2. The molecule has 0 bridgehead atoms. The number of nitrogens with one attached hydrogen (secondary N) is 2. The molecule has 0 aliphatic carbocycles. The summed E-state index contributed by atoms with van der Waals surface area (Å²) in [6, 6.07) is 11.3. The van der Waals surface area contributed by atoms with Crippen LogP contribution in [0.5, 0.6) is 0 Å². The number of carbonyl (C=O) groups excluding carboxylic acids is 2. The van der Waals surface area contributed by atoms with Gasteiger partial charge < -0.3 is 10.6 Å². The van der Waals surface area contributed by atoms with E-state index >= 15 is 0 Å². The zero-order valence-electron chi connectivity index (χ0n) is 13.2. The van der Waals surface area contributed by atoms with Crippen molar-refractivity contribution >= 4 is 40.7 Å². The molecule has 6 heteroatoms. The number of anilines is 1. The highest BCUT2D eigenvalue weighted by Crippen LogP contribution is 2.23. The fraction of sp³-hybridized carbons (Fsp3) is 0.222. The lowest BCUT2D eigenvalue weighted by atomic mass is 10.1. The largest absolute Gasteiger partial charge is 0.352 e. The lowest BCUT2D eigenvalue weighted by Gasteiger charge is -2.08. The average molecular weight is 365 g/mol. The van der Waals surface area contributed by atoms with E-state index < -0.39 is 0 Å². The maximum absolute atomic E-state index is 12.2. The van der Waals surface area contributed by atoms with E-state index in [0.29, 0.717) is 33.4 Å². The Kier molecular flexibility index (Phi) is 6.64. The predicted molar refractivity (Wildman–Crippen MR) is 98.1 cm³/mol. The van der Waals surface area contributed by atoms with Crippen LogP contribution in [0.15, 0.2) is 42.5 Å². The number of unbranched alkanes of at least 4 members (excludes halogenated alkanes) is 1. The normalized spacial score (nSPS) is 10.3. The zero-order valence-corrected chi connectivity index (χ0v) is 14.7. The van der Waals surface area contributed by atoms with Crippen molar-refractivity contribution in [3.8, 4) is 0 Å². The molecular weight excluding hydrogens is 347 g/mol. The van der Waals surface area contributed by atoms with Crippen molar-refractivity contribution in [2.45, 2.75) is 19.8 Å². The van der Waals surface area contributed by atoms with Gasteiger partial charge in [0.05, 0.1) is 0 Å². The lowest BCUT2D eigenvalue weighted by molar-refractivity contribution is 0.0951. The molecule has 0 atom stereocenters. The van der Waals surface area contributed by atoms with Crippen LogP contribution >= 0.6 is 23.2 Å². The minimum Gasteiger partial charge on any atom is -0.352 e. The van der Waals surface area contributed by atoms with Gasteiger partial charge in [-0.05, 0) is 48.9 Å². The van der Waals surface area contributed by atoms with Gasteiger partial charge in [-0.3, -0.25) is 9.59 Å². The topological polar surface area (TPSA) is 58.2 Å². The Morgan fingerprint density at radius 2 is 1.46 bits per heavy atom. The number of benzene rings is 2. The summed E-state index contributed by atoms with van der Waals surface area (Å²) in [5, 5.41) is 6.44. The zero-order chi connectivity index (χ0) is 17.5. The number of carbonyl (C=O) groups is 2. The lowest BCUT2D eigenvalue weighted by Crippen LogP contribution is -2.24. The highest BCUT2D eigenvalue weighted by atomic mass is 35.5. The fourth-order valence-electron chi connectivity index (χ4n) is 2.08. The summed E-state index contributed by atoms with van der Waals surface area (Å²) in [4.78, 5) is 24.2. The van der Waals surface area contributed by atoms with Crippen molar-refractivity contribution in [2.24, 2.45) is 0 Å². The quantitative estimate of drug-likeness (QED) is 0.724. The Hall–Kier alpha value is -2.04. The standard InChI is InChI=1S/C18H18Cl2N2O2/c1-2-3-8-21-17(23)12-4-6-13(7-5-12)18(24)22-16-10-14(19)9-15(20)11-16/h4-7,9-11H,2-3,8H2,1H3,(H,21,23)(H,22,24). The number of halogens is 2. The van der Waals surface area contributed by atoms with Gasteiger partial charge in [-0.15, -0.1) is 0 Å². The summed E-state index contributed by atoms with van der Waals surface area (Å²) >= 11 is 11.8. The van der Waals surface area contributed by atoms with E-state index in [0.717, 1.165) is 12.8 Å². The highest BCUT2D eigenvalue weighted by molar-refractivity contribution is 6.35. The van der Waals surface area contributed by atoms with Gasteiger partial charge >= 0.3 is 0 Å². The maximum atomic E-state index is 12.2. The van der Waals surface area contributed by atoms with Gasteiger partial charge in [0.15, 0.2) is 0 Å². The van der Waals surface area contributed by atoms with Crippen LogP contribution in [0.4, 0.5) is 5.69 Å². The Labute approximate surface area is 151 Å². The first kappa shape index (κ1) is 18.3. The van der Waals surface area contributed by atoms with Crippen LogP contribution < -0.4 is 10.6 Å². The molecule has 0 aromatic heterocycles. The van der Waals surface area contributed by atoms with Gasteiger partial charge in [-0.25, -0.2) is 0 Å². The Morgan fingerprint density at radius 3 is 2.00 bits per heavy atom. The molecule has 2 N–H and O–H groups in total. The minimum absolute atomic E-state index is 0.142. The van der Waals surface area contributed by atoms with Gasteiger partial charge in [0.1, 0.15) is 0 Å². The third-order valence-corrected chi connectivity index (χ3v) is 3.78. The van der Waals surface area contributed by atoms with Gasteiger partial charge in [0.2, 0.25) is 0 Å². The molecule has 24 heavy (non-hydrogen) atoms. The molecule has 126 valence electrons. The van der Waals surface area contributed by atoms with E-state index in [1.165, 1.54) is 0 Å².